The van der Waals surface area contributed by atoms with Crippen LogP contribution in [0.25, 0.3) is 0 Å². The van der Waals surface area contributed by atoms with Crippen molar-refractivity contribution in [2.75, 3.05) is 7.05 Å². The van der Waals surface area contributed by atoms with Crippen LogP contribution in [0.1, 0.15) is 33.1 Å². The zero-order chi connectivity index (χ0) is 9.19. The van der Waals surface area contributed by atoms with Crippen molar-refractivity contribution >= 4 is 0 Å². The third-order valence-corrected chi connectivity index (χ3v) is 2.99. The van der Waals surface area contributed by atoms with E-state index in [0.29, 0.717) is 5.92 Å². The van der Waals surface area contributed by atoms with Crippen LogP contribution in [-0.4, -0.2) is 12.6 Å². The Balaban J connectivity index is 2.85. The summed E-state index contributed by atoms with van der Waals surface area (Å²) in [7, 11) is 2.02. The minimum Gasteiger partial charge on any atom is -0.402 e. The second-order valence-electron chi connectivity index (χ2n) is 4.02. The molecule has 1 aliphatic rings. The Morgan fingerprint density at radius 2 is 2.25 bits per heavy atom. The first-order valence-electron chi connectivity index (χ1n) is 4.77. The quantitative estimate of drug-likeness (QED) is 0.657. The van der Waals surface area contributed by atoms with Gasteiger partial charge in [0.05, 0.1) is 0 Å². The van der Waals surface area contributed by atoms with Gasteiger partial charge in [0.1, 0.15) is 0 Å². The molecule has 2 nitrogen and oxygen atoms in total. The molecule has 2 heteroatoms. The highest BCUT2D eigenvalue weighted by atomic mass is 14.9. The van der Waals surface area contributed by atoms with Crippen molar-refractivity contribution in [1.29, 1.82) is 0 Å². The number of hydrogen-bond acceptors (Lipinski definition) is 2. The van der Waals surface area contributed by atoms with Crippen molar-refractivity contribution in [2.45, 2.75) is 38.6 Å². The van der Waals surface area contributed by atoms with E-state index < -0.39 is 0 Å². The van der Waals surface area contributed by atoms with E-state index in [1.165, 1.54) is 12.8 Å². The molecule has 0 amide bonds. The zero-order valence-corrected chi connectivity index (χ0v) is 8.35. The summed E-state index contributed by atoms with van der Waals surface area (Å²) in [5.74, 6) is 0.612. The topological polar surface area (TPSA) is 38.0 Å². The van der Waals surface area contributed by atoms with Crippen LogP contribution in [0.5, 0.6) is 0 Å². The first-order valence-corrected chi connectivity index (χ1v) is 4.77. The highest BCUT2D eigenvalue weighted by molar-refractivity contribution is 5.16. The molecule has 3 N–H and O–H groups in total. The molecule has 1 rings (SSSR count). The lowest BCUT2D eigenvalue weighted by molar-refractivity contribution is 0.281. The van der Waals surface area contributed by atoms with E-state index in [4.69, 9.17) is 5.73 Å². The molecule has 0 saturated heterocycles. The van der Waals surface area contributed by atoms with E-state index in [2.05, 4.69) is 25.2 Å². The lowest BCUT2D eigenvalue weighted by atomic mass is 9.78. The number of nitrogens with two attached hydrogens (primary N) is 1. The van der Waals surface area contributed by atoms with Crippen LogP contribution in [-0.2, 0) is 0 Å². The molecule has 1 atom stereocenters. The Kier molecular flexibility index (Phi) is 2.78. The molecular weight excluding hydrogens is 148 g/mol. The minimum absolute atomic E-state index is 0.155. The monoisotopic (exact) mass is 168 g/mol. The van der Waals surface area contributed by atoms with Gasteiger partial charge in [0, 0.05) is 11.2 Å². The predicted molar refractivity (Wildman–Crippen MR) is 52.8 cm³/mol. The van der Waals surface area contributed by atoms with E-state index >= 15 is 0 Å². The number of likely N-dealkylation sites (N-methyl/N-ethyl adjacent to an activating group) is 1. The van der Waals surface area contributed by atoms with Gasteiger partial charge >= 0.3 is 0 Å². The van der Waals surface area contributed by atoms with Gasteiger partial charge < -0.3 is 11.1 Å². The van der Waals surface area contributed by atoms with Crippen LogP contribution >= 0.6 is 0 Å². The van der Waals surface area contributed by atoms with Gasteiger partial charge in [-0.25, -0.2) is 0 Å². The fourth-order valence-corrected chi connectivity index (χ4v) is 2.00. The van der Waals surface area contributed by atoms with Gasteiger partial charge in [-0.3, -0.25) is 0 Å². The van der Waals surface area contributed by atoms with E-state index in [1.54, 1.807) is 0 Å². The molecule has 0 aliphatic heterocycles. The molecule has 1 unspecified atom stereocenters. The fourth-order valence-electron chi connectivity index (χ4n) is 2.00. The van der Waals surface area contributed by atoms with Crippen LogP contribution in [0.15, 0.2) is 11.8 Å². The molecule has 70 valence electrons. The third-order valence-electron chi connectivity index (χ3n) is 2.99. The molecule has 0 aromatic carbocycles. The Morgan fingerprint density at radius 1 is 1.58 bits per heavy atom. The summed E-state index contributed by atoms with van der Waals surface area (Å²) in [6.07, 6.45) is 5.69. The summed E-state index contributed by atoms with van der Waals surface area (Å²) in [4.78, 5) is 0. The molecule has 0 aromatic heterocycles. The van der Waals surface area contributed by atoms with Crippen molar-refractivity contribution in [2.24, 2.45) is 11.7 Å². The highest BCUT2D eigenvalue weighted by Gasteiger charge is 2.31. The maximum absolute atomic E-state index is 5.84. The molecule has 0 radical (unpaired) electrons. The predicted octanol–water partition coefficient (Wildman–Crippen LogP) is 1.63. The van der Waals surface area contributed by atoms with Crippen molar-refractivity contribution in [3.63, 3.8) is 0 Å². The Morgan fingerprint density at radius 3 is 2.58 bits per heavy atom. The highest BCUT2D eigenvalue weighted by Crippen LogP contribution is 2.30. The van der Waals surface area contributed by atoms with Crippen LogP contribution < -0.4 is 11.1 Å². The van der Waals surface area contributed by atoms with Crippen LogP contribution in [0.2, 0.25) is 0 Å². The van der Waals surface area contributed by atoms with E-state index in [0.717, 1.165) is 12.1 Å². The first kappa shape index (κ1) is 9.59. The van der Waals surface area contributed by atoms with Crippen molar-refractivity contribution in [3.8, 4) is 0 Å². The lowest BCUT2D eigenvalue weighted by Crippen LogP contribution is -2.47. The summed E-state index contributed by atoms with van der Waals surface area (Å²) in [5, 5.41) is 3.39. The Bertz CT molecular complexity index is 184. The molecule has 0 fully saturated rings. The van der Waals surface area contributed by atoms with Crippen molar-refractivity contribution in [1.82, 2.24) is 5.32 Å². The van der Waals surface area contributed by atoms with E-state index in [-0.39, 0.29) is 5.54 Å². The van der Waals surface area contributed by atoms with Gasteiger partial charge in [-0.05, 0) is 38.3 Å². The van der Waals surface area contributed by atoms with Crippen LogP contribution in [0, 0.1) is 5.92 Å². The van der Waals surface area contributed by atoms with Crippen LogP contribution in [0.4, 0.5) is 0 Å². The average molecular weight is 168 g/mol. The van der Waals surface area contributed by atoms with Gasteiger partial charge in [-0.15, -0.1) is 0 Å². The largest absolute Gasteiger partial charge is 0.402 e. The molecule has 1 aliphatic carbocycles. The molecule has 0 saturated carbocycles. The minimum atomic E-state index is 0.155. The summed E-state index contributed by atoms with van der Waals surface area (Å²) < 4.78 is 0. The second-order valence-corrected chi connectivity index (χ2v) is 4.02. The molecule has 12 heavy (non-hydrogen) atoms. The summed E-state index contributed by atoms with van der Waals surface area (Å²) in [5.41, 5.74) is 7.05. The number of nitrogens with one attached hydrogen (secondary N) is 1. The third kappa shape index (κ3) is 1.63. The maximum atomic E-state index is 5.84. The lowest BCUT2D eigenvalue weighted by Gasteiger charge is -2.38. The van der Waals surface area contributed by atoms with Crippen LogP contribution in [0.3, 0.4) is 0 Å². The summed E-state index contributed by atoms with van der Waals surface area (Å²) in [6, 6.07) is 0. The Hall–Kier alpha value is -0.500. The van der Waals surface area contributed by atoms with Gasteiger partial charge in [0.2, 0.25) is 0 Å². The van der Waals surface area contributed by atoms with Gasteiger partial charge in [0.25, 0.3) is 0 Å². The SMILES string of the molecule is CNC1(C(C)C)C=C(N)CCC1. The number of rotatable bonds is 2. The number of hydrogen-bond donors (Lipinski definition) is 2. The normalized spacial score (nSPS) is 30.5. The molecule has 0 bridgehead atoms. The Labute approximate surface area is 75.2 Å². The number of allylic oxidation sites excluding steroid dienone is 1. The van der Waals surface area contributed by atoms with Crippen molar-refractivity contribution in [3.05, 3.63) is 11.8 Å². The van der Waals surface area contributed by atoms with Gasteiger partial charge in [-0.1, -0.05) is 13.8 Å². The molecule has 0 heterocycles. The molecular formula is C10H20N2. The second kappa shape index (κ2) is 3.48. The zero-order valence-electron chi connectivity index (χ0n) is 8.35. The van der Waals surface area contributed by atoms with Gasteiger partial charge in [0.15, 0.2) is 0 Å². The maximum Gasteiger partial charge on any atom is 0.0404 e. The standard InChI is InChI=1S/C10H20N2/c1-8(2)10(12-3)6-4-5-9(11)7-10/h7-8,12H,4-6,11H2,1-3H3. The average Bonchev–Trinajstić information content (AvgIpc) is 2.04. The van der Waals surface area contributed by atoms with Crippen molar-refractivity contribution < 1.29 is 0 Å². The fraction of sp³-hybridized carbons (Fsp3) is 0.800. The smallest absolute Gasteiger partial charge is 0.0404 e. The summed E-state index contributed by atoms with van der Waals surface area (Å²) in [6.45, 7) is 4.48. The van der Waals surface area contributed by atoms with E-state index in [1.807, 2.05) is 7.05 Å². The molecule has 0 spiro atoms. The molecule has 0 aromatic rings. The van der Waals surface area contributed by atoms with Gasteiger partial charge in [-0.2, -0.15) is 0 Å². The first-order chi connectivity index (χ1) is 5.60. The summed E-state index contributed by atoms with van der Waals surface area (Å²) >= 11 is 0. The van der Waals surface area contributed by atoms with E-state index in [9.17, 15) is 0 Å².